The number of aliphatic imine (C=N–C) groups is 1. The molecule has 2 aromatic carbocycles. The third kappa shape index (κ3) is 8.14. The van der Waals surface area contributed by atoms with Crippen LogP contribution in [0.1, 0.15) is 23.6 Å². The SMILES string of the molecule is CCNC(=NCc1ccc(C)cc1N(C)C)NCCc1ccc(S(C)(=O)=O)cc1.I. The number of aryl methyl sites for hydroxylation is 1. The van der Waals surface area contributed by atoms with Gasteiger partial charge in [0.2, 0.25) is 0 Å². The van der Waals surface area contributed by atoms with E-state index in [0.29, 0.717) is 18.0 Å². The maximum atomic E-state index is 11.6. The maximum Gasteiger partial charge on any atom is 0.191 e. The van der Waals surface area contributed by atoms with Gasteiger partial charge in [0.15, 0.2) is 15.8 Å². The van der Waals surface area contributed by atoms with Gasteiger partial charge in [-0.1, -0.05) is 24.3 Å². The lowest BCUT2D eigenvalue weighted by Gasteiger charge is -2.18. The van der Waals surface area contributed by atoms with Gasteiger partial charge in [0.05, 0.1) is 11.4 Å². The Balaban J connectivity index is 0.00000450. The lowest BCUT2D eigenvalue weighted by Crippen LogP contribution is -2.38. The standard InChI is InChI=1S/C22H32N4O2S.HI/c1-6-23-22(25-16-19-10-7-17(2)15-21(19)26(3)4)24-14-13-18-8-11-20(12-9-18)29(5,27)28;/h7-12,15H,6,13-14,16H2,1-5H3,(H2,23,24,25);1H. The number of rotatable bonds is 8. The molecular formula is C22H33IN4O2S. The van der Waals surface area contributed by atoms with E-state index in [4.69, 9.17) is 4.99 Å². The van der Waals surface area contributed by atoms with Crippen molar-refractivity contribution in [3.63, 3.8) is 0 Å². The predicted molar refractivity (Wildman–Crippen MR) is 137 cm³/mol. The highest BCUT2D eigenvalue weighted by Crippen LogP contribution is 2.21. The minimum Gasteiger partial charge on any atom is -0.377 e. The largest absolute Gasteiger partial charge is 0.377 e. The second-order valence-corrected chi connectivity index (χ2v) is 9.33. The minimum atomic E-state index is -3.16. The first-order valence-corrected chi connectivity index (χ1v) is 11.7. The summed E-state index contributed by atoms with van der Waals surface area (Å²) in [7, 11) is 0.929. The van der Waals surface area contributed by atoms with E-state index in [1.165, 1.54) is 23.1 Å². The van der Waals surface area contributed by atoms with Crippen LogP contribution in [0.3, 0.4) is 0 Å². The monoisotopic (exact) mass is 544 g/mol. The van der Waals surface area contributed by atoms with Crippen molar-refractivity contribution in [2.45, 2.75) is 31.7 Å². The zero-order valence-electron chi connectivity index (χ0n) is 18.4. The lowest BCUT2D eigenvalue weighted by molar-refractivity contribution is 0.602. The molecule has 0 unspecified atom stereocenters. The average Bonchev–Trinajstić information content (AvgIpc) is 2.66. The fourth-order valence-corrected chi connectivity index (χ4v) is 3.59. The lowest BCUT2D eigenvalue weighted by atomic mass is 10.1. The molecule has 0 saturated carbocycles. The minimum absolute atomic E-state index is 0. The molecule has 30 heavy (non-hydrogen) atoms. The van der Waals surface area contributed by atoms with E-state index in [1.807, 2.05) is 33.2 Å². The molecule has 0 heterocycles. The quantitative estimate of drug-likeness (QED) is 0.303. The number of anilines is 1. The molecule has 0 spiro atoms. The van der Waals surface area contributed by atoms with Gasteiger partial charge in [0.1, 0.15) is 0 Å². The van der Waals surface area contributed by atoms with Crippen LogP contribution in [0.15, 0.2) is 52.4 Å². The number of nitrogens with zero attached hydrogens (tertiary/aromatic N) is 2. The van der Waals surface area contributed by atoms with Crippen molar-refractivity contribution in [3.8, 4) is 0 Å². The molecule has 0 saturated heterocycles. The van der Waals surface area contributed by atoms with E-state index in [-0.39, 0.29) is 24.0 Å². The summed E-state index contributed by atoms with van der Waals surface area (Å²) in [6, 6.07) is 13.4. The Morgan fingerprint density at radius 2 is 1.73 bits per heavy atom. The summed E-state index contributed by atoms with van der Waals surface area (Å²) in [6.45, 7) is 6.21. The van der Waals surface area contributed by atoms with E-state index in [2.05, 4.69) is 40.7 Å². The van der Waals surface area contributed by atoms with E-state index < -0.39 is 9.84 Å². The molecule has 6 nitrogen and oxygen atoms in total. The van der Waals surface area contributed by atoms with Gasteiger partial charge in [-0.05, 0) is 55.2 Å². The Bertz CT molecular complexity index is 942. The van der Waals surface area contributed by atoms with Crippen LogP contribution in [0.25, 0.3) is 0 Å². The van der Waals surface area contributed by atoms with Crippen molar-refractivity contribution >= 4 is 45.5 Å². The molecule has 166 valence electrons. The first-order chi connectivity index (χ1) is 13.7. The first-order valence-electron chi connectivity index (χ1n) is 9.78. The van der Waals surface area contributed by atoms with Gasteiger partial charge >= 0.3 is 0 Å². The number of nitrogens with one attached hydrogen (secondary N) is 2. The highest BCUT2D eigenvalue weighted by molar-refractivity contribution is 14.0. The molecule has 0 aliphatic heterocycles. The molecule has 0 bridgehead atoms. The van der Waals surface area contributed by atoms with Crippen molar-refractivity contribution in [3.05, 3.63) is 59.2 Å². The van der Waals surface area contributed by atoms with Crippen LogP contribution >= 0.6 is 24.0 Å². The van der Waals surface area contributed by atoms with Gasteiger partial charge in [-0.3, -0.25) is 0 Å². The van der Waals surface area contributed by atoms with Crippen LogP contribution in [-0.2, 0) is 22.8 Å². The van der Waals surface area contributed by atoms with Crippen molar-refractivity contribution in [1.82, 2.24) is 10.6 Å². The Morgan fingerprint density at radius 1 is 1.07 bits per heavy atom. The summed E-state index contributed by atoms with van der Waals surface area (Å²) >= 11 is 0. The first kappa shape index (κ1) is 26.2. The van der Waals surface area contributed by atoms with E-state index in [1.54, 1.807) is 12.1 Å². The highest BCUT2D eigenvalue weighted by Gasteiger charge is 2.07. The normalized spacial score (nSPS) is 11.6. The smallest absolute Gasteiger partial charge is 0.191 e. The van der Waals surface area contributed by atoms with Crippen LogP contribution in [-0.4, -0.2) is 47.8 Å². The van der Waals surface area contributed by atoms with Crippen LogP contribution in [0.5, 0.6) is 0 Å². The molecule has 0 radical (unpaired) electrons. The number of hydrogen-bond acceptors (Lipinski definition) is 4. The Hall–Kier alpha value is -1.81. The van der Waals surface area contributed by atoms with E-state index in [0.717, 1.165) is 24.5 Å². The molecule has 0 amide bonds. The maximum absolute atomic E-state index is 11.6. The predicted octanol–water partition coefficient (Wildman–Crippen LogP) is 3.38. The fourth-order valence-electron chi connectivity index (χ4n) is 2.96. The molecule has 0 aliphatic rings. The Kier molecular flexibility index (Phi) is 10.6. The highest BCUT2D eigenvalue weighted by atomic mass is 127. The molecule has 2 rings (SSSR count). The Labute approximate surface area is 198 Å². The van der Waals surface area contributed by atoms with Crippen LogP contribution in [0.2, 0.25) is 0 Å². The van der Waals surface area contributed by atoms with Crippen molar-refractivity contribution in [1.29, 1.82) is 0 Å². The molecule has 0 fully saturated rings. The summed E-state index contributed by atoms with van der Waals surface area (Å²) in [4.78, 5) is 7.18. The molecule has 8 heteroatoms. The summed E-state index contributed by atoms with van der Waals surface area (Å²) in [5, 5.41) is 6.63. The van der Waals surface area contributed by atoms with Gasteiger partial charge in [0.25, 0.3) is 0 Å². The summed E-state index contributed by atoms with van der Waals surface area (Å²) in [6.07, 6.45) is 2.00. The van der Waals surface area contributed by atoms with Crippen molar-refractivity contribution in [2.24, 2.45) is 4.99 Å². The summed E-state index contributed by atoms with van der Waals surface area (Å²) in [5.41, 5.74) is 4.66. The van der Waals surface area contributed by atoms with Gasteiger partial charge in [-0.15, -0.1) is 24.0 Å². The third-order valence-corrected chi connectivity index (χ3v) is 5.66. The van der Waals surface area contributed by atoms with Gasteiger partial charge in [-0.25, -0.2) is 13.4 Å². The number of hydrogen-bond donors (Lipinski definition) is 2. The fraction of sp³-hybridized carbons (Fsp3) is 0.409. The molecule has 2 aromatic rings. The number of sulfone groups is 1. The summed E-state index contributed by atoms with van der Waals surface area (Å²) in [5.74, 6) is 0.769. The molecule has 0 aliphatic carbocycles. The average molecular weight is 545 g/mol. The van der Waals surface area contributed by atoms with Gasteiger partial charge < -0.3 is 15.5 Å². The third-order valence-electron chi connectivity index (χ3n) is 4.53. The Morgan fingerprint density at radius 3 is 2.30 bits per heavy atom. The van der Waals surface area contributed by atoms with Crippen LogP contribution in [0, 0.1) is 6.92 Å². The molecular weight excluding hydrogens is 511 g/mol. The van der Waals surface area contributed by atoms with Gasteiger partial charge in [-0.2, -0.15) is 0 Å². The molecule has 0 aromatic heterocycles. The van der Waals surface area contributed by atoms with Crippen molar-refractivity contribution in [2.75, 3.05) is 38.3 Å². The topological polar surface area (TPSA) is 73.8 Å². The number of guanidine groups is 1. The zero-order chi connectivity index (χ0) is 21.4. The second kappa shape index (κ2) is 12.1. The molecule has 0 atom stereocenters. The summed E-state index contributed by atoms with van der Waals surface area (Å²) < 4.78 is 23.1. The van der Waals surface area contributed by atoms with E-state index in [9.17, 15) is 8.42 Å². The number of halogens is 1. The van der Waals surface area contributed by atoms with E-state index >= 15 is 0 Å². The molecule has 2 N–H and O–H groups in total. The second-order valence-electron chi connectivity index (χ2n) is 7.31. The zero-order valence-corrected chi connectivity index (χ0v) is 21.5. The van der Waals surface area contributed by atoms with Crippen LogP contribution < -0.4 is 15.5 Å². The van der Waals surface area contributed by atoms with Crippen molar-refractivity contribution < 1.29 is 8.42 Å². The van der Waals surface area contributed by atoms with Crippen LogP contribution in [0.4, 0.5) is 5.69 Å². The number of benzene rings is 2. The van der Waals surface area contributed by atoms with Gasteiger partial charge in [0, 0.05) is 39.1 Å².